The summed E-state index contributed by atoms with van der Waals surface area (Å²) < 4.78 is 12.2. The molecule has 3 aromatic heterocycles. The molecule has 2 N–H and O–H groups in total. The van der Waals surface area contributed by atoms with Crippen molar-refractivity contribution >= 4 is 11.7 Å². The minimum Gasteiger partial charge on any atom is -0.464 e. The second-order valence-electron chi connectivity index (χ2n) is 5.94. The molecule has 0 saturated heterocycles. The number of para-hydroxylation sites is 1. The molecular formula is C20H14N6O3. The fraction of sp³-hybridized carbons (Fsp3) is 0.0500. The predicted octanol–water partition coefficient (Wildman–Crippen LogP) is 2.83. The monoisotopic (exact) mass is 386 g/mol. The zero-order chi connectivity index (χ0) is 20.4. The van der Waals surface area contributed by atoms with Gasteiger partial charge in [-0.3, -0.25) is 4.98 Å². The standard InChI is InChI=1S/C20H14N6O3/c1-28-20(27)17-16(22)13(10-21)11-26(17)15-5-3-2-4-14(15)19-25-24-18(29-19)12-6-8-23-9-7-12/h2-9,11H,22H2,1H3. The minimum atomic E-state index is -0.665. The number of nitrogens with two attached hydrogens (primary N) is 1. The van der Waals surface area contributed by atoms with Crippen LogP contribution in [0.2, 0.25) is 0 Å². The van der Waals surface area contributed by atoms with Crippen LogP contribution >= 0.6 is 0 Å². The molecule has 0 saturated carbocycles. The molecule has 1 aromatic carbocycles. The summed E-state index contributed by atoms with van der Waals surface area (Å²) in [6.07, 6.45) is 4.73. The van der Waals surface area contributed by atoms with Gasteiger partial charge in [-0.1, -0.05) is 12.1 Å². The highest BCUT2D eigenvalue weighted by Gasteiger charge is 2.24. The zero-order valence-electron chi connectivity index (χ0n) is 15.2. The summed E-state index contributed by atoms with van der Waals surface area (Å²) >= 11 is 0. The molecule has 0 unspecified atom stereocenters. The lowest BCUT2D eigenvalue weighted by Crippen LogP contribution is -2.11. The number of hydrogen-bond donors (Lipinski definition) is 1. The molecule has 0 bridgehead atoms. The SMILES string of the molecule is COC(=O)c1c(N)c(C#N)cn1-c1ccccc1-c1nnc(-c2ccncc2)o1. The molecule has 3 heterocycles. The number of anilines is 1. The summed E-state index contributed by atoms with van der Waals surface area (Å²) in [4.78, 5) is 16.3. The number of nitrogens with zero attached hydrogens (tertiary/aromatic N) is 5. The Bertz CT molecular complexity index is 1240. The smallest absolute Gasteiger partial charge is 0.357 e. The molecule has 4 aromatic rings. The van der Waals surface area contributed by atoms with Gasteiger partial charge in [-0.15, -0.1) is 10.2 Å². The van der Waals surface area contributed by atoms with E-state index >= 15 is 0 Å². The first-order valence-corrected chi connectivity index (χ1v) is 8.47. The van der Waals surface area contributed by atoms with Crippen molar-refractivity contribution in [3.8, 4) is 34.7 Å². The van der Waals surface area contributed by atoms with Gasteiger partial charge in [-0.2, -0.15) is 5.26 Å². The zero-order valence-corrected chi connectivity index (χ0v) is 15.2. The lowest BCUT2D eigenvalue weighted by atomic mass is 10.1. The van der Waals surface area contributed by atoms with Crippen molar-refractivity contribution in [1.82, 2.24) is 19.7 Å². The molecule has 0 spiro atoms. The Hall–Kier alpha value is -4.45. The van der Waals surface area contributed by atoms with E-state index in [-0.39, 0.29) is 22.8 Å². The summed E-state index contributed by atoms with van der Waals surface area (Å²) in [6, 6.07) is 12.6. The molecule has 29 heavy (non-hydrogen) atoms. The first kappa shape index (κ1) is 17.9. The van der Waals surface area contributed by atoms with Gasteiger partial charge < -0.3 is 19.5 Å². The maximum absolute atomic E-state index is 12.3. The number of benzene rings is 1. The van der Waals surface area contributed by atoms with Gasteiger partial charge in [0, 0.05) is 24.2 Å². The molecular weight excluding hydrogens is 372 g/mol. The highest BCUT2D eigenvalue weighted by atomic mass is 16.5. The average molecular weight is 386 g/mol. The normalized spacial score (nSPS) is 10.5. The van der Waals surface area contributed by atoms with E-state index in [0.29, 0.717) is 17.1 Å². The van der Waals surface area contributed by atoms with Crippen molar-refractivity contribution in [3.63, 3.8) is 0 Å². The first-order valence-electron chi connectivity index (χ1n) is 8.47. The summed E-state index contributed by atoms with van der Waals surface area (Å²) in [5, 5.41) is 17.5. The van der Waals surface area contributed by atoms with Gasteiger partial charge in [0.25, 0.3) is 0 Å². The molecule has 0 atom stereocenters. The number of nitrogen functional groups attached to an aromatic ring is 1. The van der Waals surface area contributed by atoms with Gasteiger partial charge >= 0.3 is 5.97 Å². The van der Waals surface area contributed by atoms with E-state index in [9.17, 15) is 10.1 Å². The van der Waals surface area contributed by atoms with Crippen LogP contribution in [0.5, 0.6) is 0 Å². The predicted molar refractivity (Wildman–Crippen MR) is 103 cm³/mol. The number of carbonyl (C=O) groups is 1. The number of esters is 1. The van der Waals surface area contributed by atoms with Gasteiger partial charge in [0.2, 0.25) is 11.8 Å². The van der Waals surface area contributed by atoms with E-state index in [0.717, 1.165) is 5.56 Å². The lowest BCUT2D eigenvalue weighted by molar-refractivity contribution is 0.0593. The van der Waals surface area contributed by atoms with Gasteiger partial charge in [0.05, 0.1) is 29.6 Å². The van der Waals surface area contributed by atoms with E-state index < -0.39 is 5.97 Å². The maximum atomic E-state index is 12.3. The number of hydrogen-bond acceptors (Lipinski definition) is 8. The third-order valence-electron chi connectivity index (χ3n) is 4.29. The van der Waals surface area contributed by atoms with Gasteiger partial charge in [0.15, 0.2) is 5.69 Å². The number of pyridine rings is 1. The molecule has 9 heteroatoms. The van der Waals surface area contributed by atoms with Crippen LogP contribution in [0.1, 0.15) is 16.1 Å². The van der Waals surface area contributed by atoms with Crippen molar-refractivity contribution < 1.29 is 13.9 Å². The largest absolute Gasteiger partial charge is 0.464 e. The number of rotatable bonds is 4. The highest BCUT2D eigenvalue weighted by Crippen LogP contribution is 2.32. The minimum absolute atomic E-state index is 0.0390. The van der Waals surface area contributed by atoms with E-state index in [1.54, 1.807) is 48.8 Å². The van der Waals surface area contributed by atoms with Crippen LogP contribution in [0.3, 0.4) is 0 Å². The van der Waals surface area contributed by atoms with Crippen molar-refractivity contribution in [1.29, 1.82) is 5.26 Å². The topological polar surface area (TPSA) is 133 Å². The van der Waals surface area contributed by atoms with Crippen LogP contribution < -0.4 is 5.73 Å². The van der Waals surface area contributed by atoms with Gasteiger partial charge in [-0.25, -0.2) is 4.79 Å². The van der Waals surface area contributed by atoms with Crippen LogP contribution in [0.4, 0.5) is 5.69 Å². The Labute approximate surface area is 165 Å². The first-order chi connectivity index (χ1) is 14.1. The second kappa shape index (κ2) is 7.28. The van der Waals surface area contributed by atoms with E-state index in [1.807, 2.05) is 6.07 Å². The second-order valence-corrected chi connectivity index (χ2v) is 5.94. The van der Waals surface area contributed by atoms with Crippen molar-refractivity contribution in [2.75, 3.05) is 12.8 Å². The number of ether oxygens (including phenoxy) is 1. The Morgan fingerprint density at radius 1 is 1.17 bits per heavy atom. The molecule has 0 aliphatic rings. The van der Waals surface area contributed by atoms with Crippen LogP contribution in [-0.2, 0) is 4.74 Å². The van der Waals surface area contributed by atoms with Gasteiger partial charge in [0.1, 0.15) is 6.07 Å². The Morgan fingerprint density at radius 3 is 2.62 bits per heavy atom. The summed E-state index contributed by atoms with van der Waals surface area (Å²) in [7, 11) is 1.25. The fourth-order valence-corrected chi connectivity index (χ4v) is 2.91. The molecule has 0 aliphatic heterocycles. The fourth-order valence-electron chi connectivity index (χ4n) is 2.91. The van der Waals surface area contributed by atoms with Crippen LogP contribution in [0.25, 0.3) is 28.6 Å². The third kappa shape index (κ3) is 3.08. The lowest BCUT2D eigenvalue weighted by Gasteiger charge is -2.11. The van der Waals surface area contributed by atoms with Gasteiger partial charge in [-0.05, 0) is 24.3 Å². The van der Waals surface area contributed by atoms with Crippen molar-refractivity contribution in [2.45, 2.75) is 0 Å². The Morgan fingerprint density at radius 2 is 1.90 bits per heavy atom. The number of aromatic nitrogens is 4. The number of methoxy groups -OCH3 is 1. The summed E-state index contributed by atoms with van der Waals surface area (Å²) in [5.41, 5.74) is 8.06. The maximum Gasteiger partial charge on any atom is 0.357 e. The quantitative estimate of drug-likeness (QED) is 0.529. The van der Waals surface area contributed by atoms with E-state index in [2.05, 4.69) is 15.2 Å². The van der Waals surface area contributed by atoms with Crippen molar-refractivity contribution in [2.24, 2.45) is 0 Å². The molecule has 0 amide bonds. The Balaban J connectivity index is 1.87. The van der Waals surface area contributed by atoms with Crippen LogP contribution in [0, 0.1) is 11.3 Å². The molecule has 0 fully saturated rings. The molecule has 9 nitrogen and oxygen atoms in total. The Kier molecular flexibility index (Phi) is 4.50. The molecule has 0 radical (unpaired) electrons. The van der Waals surface area contributed by atoms with E-state index in [1.165, 1.54) is 17.9 Å². The van der Waals surface area contributed by atoms with Crippen LogP contribution in [0.15, 0.2) is 59.4 Å². The number of nitriles is 1. The van der Waals surface area contributed by atoms with E-state index in [4.69, 9.17) is 14.9 Å². The summed E-state index contributed by atoms with van der Waals surface area (Å²) in [6.45, 7) is 0. The average Bonchev–Trinajstić information content (AvgIpc) is 3.38. The molecule has 4 rings (SSSR count). The number of carbonyl (C=O) groups excluding carboxylic acids is 1. The van der Waals surface area contributed by atoms with Crippen LogP contribution in [-0.4, -0.2) is 32.8 Å². The third-order valence-corrected chi connectivity index (χ3v) is 4.29. The highest BCUT2D eigenvalue weighted by molar-refractivity contribution is 5.96. The summed E-state index contributed by atoms with van der Waals surface area (Å²) in [5.74, 6) is -0.0917. The van der Waals surface area contributed by atoms with Crippen molar-refractivity contribution in [3.05, 3.63) is 66.2 Å². The molecule has 0 aliphatic carbocycles. The molecule has 142 valence electrons.